The van der Waals surface area contributed by atoms with Gasteiger partial charge in [0.2, 0.25) is 5.91 Å². The molecule has 0 spiro atoms. The number of carbonyl (C=O) groups excluding carboxylic acids is 1. The normalized spacial score (nSPS) is 18.6. The van der Waals surface area contributed by atoms with Crippen molar-refractivity contribution in [3.8, 4) is 5.75 Å². The van der Waals surface area contributed by atoms with Gasteiger partial charge in [-0.15, -0.1) is 0 Å². The number of carbonyl (C=O) groups is 2. The van der Waals surface area contributed by atoms with Gasteiger partial charge >= 0.3 is 5.97 Å². The quantitative estimate of drug-likeness (QED) is 0.437. The van der Waals surface area contributed by atoms with Crippen molar-refractivity contribution in [1.82, 2.24) is 0 Å². The molecule has 0 saturated carbocycles. The van der Waals surface area contributed by atoms with Gasteiger partial charge in [-0.1, -0.05) is 65.3 Å². The van der Waals surface area contributed by atoms with Crippen LogP contribution in [0.2, 0.25) is 5.02 Å². The fourth-order valence-corrected chi connectivity index (χ4v) is 4.99. The number of ether oxygens (including phenoxy) is 1. The molecule has 0 aromatic heterocycles. The first-order valence-electron chi connectivity index (χ1n) is 12.0. The Hall–Kier alpha value is -2.79. The van der Waals surface area contributed by atoms with Crippen LogP contribution in [0.5, 0.6) is 5.75 Å². The zero-order valence-electron chi connectivity index (χ0n) is 21.7. The summed E-state index contributed by atoms with van der Waals surface area (Å²) in [4.78, 5) is 26.5. The number of hydrogen-bond donors (Lipinski definition) is 1. The van der Waals surface area contributed by atoms with E-state index in [1.54, 1.807) is 11.0 Å². The highest BCUT2D eigenvalue weighted by molar-refractivity contribution is 6.31. The number of halogens is 1. The average molecular weight is 498 g/mol. The van der Waals surface area contributed by atoms with Gasteiger partial charge in [0.1, 0.15) is 5.75 Å². The lowest BCUT2D eigenvalue weighted by atomic mass is 9.68. The number of rotatable bonds is 7. The van der Waals surface area contributed by atoms with E-state index >= 15 is 0 Å². The molecule has 2 aromatic rings. The maximum absolute atomic E-state index is 13.5. The van der Waals surface area contributed by atoms with E-state index < -0.39 is 11.4 Å². The fraction of sp³-hybridized carbons (Fsp3) is 0.448. The summed E-state index contributed by atoms with van der Waals surface area (Å²) in [5.74, 6) is -0.633. The second kappa shape index (κ2) is 10.1. The molecule has 1 atom stereocenters. The number of amides is 1. The highest BCUT2D eigenvalue weighted by Gasteiger charge is 2.41. The minimum Gasteiger partial charge on any atom is -0.495 e. The predicted molar refractivity (Wildman–Crippen MR) is 142 cm³/mol. The van der Waals surface area contributed by atoms with E-state index in [1.807, 2.05) is 12.3 Å². The smallest absolute Gasteiger partial charge is 0.335 e. The van der Waals surface area contributed by atoms with Gasteiger partial charge in [-0.25, -0.2) is 4.79 Å². The summed E-state index contributed by atoms with van der Waals surface area (Å²) >= 11 is 6.73. The second-order valence-electron chi connectivity index (χ2n) is 11.1. The molecule has 0 fully saturated rings. The Morgan fingerprint density at radius 1 is 1.20 bits per heavy atom. The van der Waals surface area contributed by atoms with E-state index in [1.165, 1.54) is 19.2 Å². The summed E-state index contributed by atoms with van der Waals surface area (Å²) in [7, 11) is 1.47. The molecule has 5 nitrogen and oxygen atoms in total. The molecule has 1 aliphatic heterocycles. The van der Waals surface area contributed by atoms with Crippen LogP contribution >= 0.6 is 11.6 Å². The van der Waals surface area contributed by atoms with Crippen LogP contribution < -0.4 is 9.64 Å². The first-order valence-corrected chi connectivity index (χ1v) is 12.4. The number of methoxy groups -OCH3 is 1. The van der Waals surface area contributed by atoms with Gasteiger partial charge in [0.25, 0.3) is 0 Å². The van der Waals surface area contributed by atoms with Crippen LogP contribution in [0.25, 0.3) is 0 Å². The predicted octanol–water partition coefficient (Wildman–Crippen LogP) is 7.26. The first-order chi connectivity index (χ1) is 16.3. The van der Waals surface area contributed by atoms with Crippen LogP contribution in [-0.4, -0.2) is 24.1 Å². The van der Waals surface area contributed by atoms with Crippen molar-refractivity contribution in [2.24, 2.45) is 11.3 Å². The lowest BCUT2D eigenvalue weighted by molar-refractivity contribution is -0.119. The number of aromatic carboxylic acids is 1. The van der Waals surface area contributed by atoms with Gasteiger partial charge in [-0.2, -0.15) is 0 Å². The highest BCUT2D eigenvalue weighted by atomic mass is 35.5. The largest absolute Gasteiger partial charge is 0.495 e. The van der Waals surface area contributed by atoms with E-state index in [4.69, 9.17) is 16.3 Å². The monoisotopic (exact) mass is 497 g/mol. The minimum atomic E-state index is -1.05. The van der Waals surface area contributed by atoms with Crippen LogP contribution in [0.3, 0.4) is 0 Å². The molecular weight excluding hydrogens is 462 g/mol. The molecule has 1 heterocycles. The Morgan fingerprint density at radius 2 is 1.89 bits per heavy atom. The molecule has 0 unspecified atom stereocenters. The zero-order chi connectivity index (χ0) is 26.1. The van der Waals surface area contributed by atoms with Crippen LogP contribution in [0.15, 0.2) is 48.2 Å². The van der Waals surface area contributed by atoms with Crippen molar-refractivity contribution in [3.63, 3.8) is 0 Å². The summed E-state index contributed by atoms with van der Waals surface area (Å²) in [6, 6.07) is 10.8. The number of anilines is 1. The summed E-state index contributed by atoms with van der Waals surface area (Å²) in [5.41, 5.74) is 3.58. The molecule has 0 aliphatic carbocycles. The molecule has 6 heteroatoms. The molecular formula is C29H36ClNO4. The third kappa shape index (κ3) is 5.72. The van der Waals surface area contributed by atoms with E-state index in [0.717, 1.165) is 34.6 Å². The molecule has 1 aliphatic rings. The highest BCUT2D eigenvalue weighted by Crippen LogP contribution is 2.45. The Bertz CT molecular complexity index is 1160. The van der Waals surface area contributed by atoms with Gasteiger partial charge in [0.05, 0.1) is 18.4 Å². The van der Waals surface area contributed by atoms with Gasteiger partial charge in [0, 0.05) is 23.1 Å². The molecule has 1 N–H and O–H groups in total. The number of benzene rings is 2. The number of carboxylic acids is 1. The van der Waals surface area contributed by atoms with E-state index in [0.29, 0.717) is 11.4 Å². The fourth-order valence-electron chi connectivity index (χ4n) is 4.71. The van der Waals surface area contributed by atoms with E-state index in [9.17, 15) is 14.7 Å². The molecule has 0 bridgehead atoms. The molecule has 188 valence electrons. The van der Waals surface area contributed by atoms with Crippen molar-refractivity contribution in [3.05, 3.63) is 69.9 Å². The second-order valence-corrected chi connectivity index (χ2v) is 11.5. The third-order valence-corrected chi connectivity index (χ3v) is 7.17. The summed E-state index contributed by atoms with van der Waals surface area (Å²) in [6.07, 6.45) is 4.09. The maximum Gasteiger partial charge on any atom is 0.335 e. The Kier molecular flexibility index (Phi) is 7.71. The van der Waals surface area contributed by atoms with Crippen molar-refractivity contribution in [2.45, 2.75) is 66.2 Å². The van der Waals surface area contributed by atoms with Gasteiger partial charge < -0.3 is 9.84 Å². The molecule has 3 rings (SSSR count). The lowest BCUT2D eigenvalue weighted by Gasteiger charge is -2.41. The Labute approximate surface area is 213 Å². The van der Waals surface area contributed by atoms with E-state index in [2.05, 4.69) is 53.7 Å². The summed E-state index contributed by atoms with van der Waals surface area (Å²) < 4.78 is 5.44. The standard InChI is InChI=1S/C29H36ClNO4/c1-18(2)22-17-31(24-11-9-20(27(33)34)14-25(24)35-7)26(32)16-29(22,6)21-10-8-19(23(30)15-21)12-13-28(3,4)5/h8-11,14-15,17-18H,12-13,16H2,1-7H3,(H,33,34)/t29-/m0/s1. The van der Waals surface area contributed by atoms with E-state index in [-0.39, 0.29) is 29.2 Å². The number of hydrogen-bond acceptors (Lipinski definition) is 3. The topological polar surface area (TPSA) is 66.8 Å². The number of nitrogens with zero attached hydrogens (tertiary/aromatic N) is 1. The van der Waals surface area contributed by atoms with Crippen LogP contribution in [0.1, 0.15) is 75.9 Å². The van der Waals surface area contributed by atoms with Crippen molar-refractivity contribution >= 4 is 29.2 Å². The summed E-state index contributed by atoms with van der Waals surface area (Å²) in [5, 5.41) is 10.1. The molecule has 0 radical (unpaired) electrons. The van der Waals surface area contributed by atoms with Crippen LogP contribution in [0.4, 0.5) is 5.69 Å². The molecule has 2 aromatic carbocycles. The van der Waals surface area contributed by atoms with Crippen molar-refractivity contribution in [2.75, 3.05) is 12.0 Å². The molecule has 1 amide bonds. The number of carboxylic acid groups (broad SMARTS) is 1. The van der Waals surface area contributed by atoms with Crippen molar-refractivity contribution in [1.29, 1.82) is 0 Å². The van der Waals surface area contributed by atoms with Gasteiger partial charge in [-0.3, -0.25) is 9.69 Å². The van der Waals surface area contributed by atoms with Gasteiger partial charge in [-0.05, 0) is 65.1 Å². The minimum absolute atomic E-state index is 0.0915. The number of allylic oxidation sites excluding steroid dienone is 1. The SMILES string of the molecule is COc1cc(C(=O)O)ccc1N1C=C(C(C)C)[C@](C)(c2ccc(CCC(C)(C)C)c(Cl)c2)CC1=O. The molecule has 35 heavy (non-hydrogen) atoms. The van der Waals surface area contributed by atoms with Crippen molar-refractivity contribution < 1.29 is 19.4 Å². The number of aryl methyl sites for hydroxylation is 1. The Balaban J connectivity index is 2.03. The van der Waals surface area contributed by atoms with Crippen LogP contribution in [-0.2, 0) is 16.6 Å². The van der Waals surface area contributed by atoms with Gasteiger partial charge in [0.15, 0.2) is 0 Å². The van der Waals surface area contributed by atoms with Crippen LogP contribution in [0, 0.1) is 11.3 Å². The summed E-state index contributed by atoms with van der Waals surface area (Å²) in [6.45, 7) is 13.0. The first kappa shape index (κ1) is 26.8. The molecule has 0 saturated heterocycles. The zero-order valence-corrected chi connectivity index (χ0v) is 22.5. The third-order valence-electron chi connectivity index (χ3n) is 6.82. The lowest BCUT2D eigenvalue weighted by Crippen LogP contribution is -2.42. The maximum atomic E-state index is 13.5. The average Bonchev–Trinajstić information content (AvgIpc) is 2.77. The Morgan fingerprint density at radius 3 is 2.43 bits per heavy atom.